The van der Waals surface area contributed by atoms with Crippen LogP contribution in [0.2, 0.25) is 0 Å². The molecule has 5 heteroatoms. The van der Waals surface area contributed by atoms with Crippen molar-refractivity contribution in [1.29, 1.82) is 0 Å². The van der Waals surface area contributed by atoms with Crippen LogP contribution in [-0.2, 0) is 14.6 Å². The van der Waals surface area contributed by atoms with E-state index in [0.717, 1.165) is 32.5 Å². The van der Waals surface area contributed by atoms with E-state index >= 15 is 0 Å². The van der Waals surface area contributed by atoms with Crippen molar-refractivity contribution < 1.29 is 13.2 Å². The van der Waals surface area contributed by atoms with Crippen molar-refractivity contribution >= 4 is 15.6 Å². The van der Waals surface area contributed by atoms with Crippen LogP contribution in [0, 0.1) is 5.92 Å². The Bertz CT molecular complexity index is 408. The van der Waals surface area contributed by atoms with Gasteiger partial charge in [0.2, 0.25) is 0 Å². The summed E-state index contributed by atoms with van der Waals surface area (Å²) in [6, 6.07) is 0. The molecule has 0 saturated carbocycles. The van der Waals surface area contributed by atoms with Crippen LogP contribution in [-0.4, -0.2) is 49.2 Å². The molecule has 0 N–H and O–H groups in total. The number of carbonyl (C=O) groups excluding carboxylic acids is 1. The third-order valence-corrected chi connectivity index (χ3v) is 7.57. The van der Waals surface area contributed by atoms with Gasteiger partial charge in [0.15, 0.2) is 9.84 Å². The zero-order valence-corrected chi connectivity index (χ0v) is 12.8. The second kappa shape index (κ2) is 5.92. The lowest BCUT2D eigenvalue weighted by Gasteiger charge is -2.27. The number of hydrogen-bond acceptors (Lipinski definition) is 4. The summed E-state index contributed by atoms with van der Waals surface area (Å²) in [5, 5.41) is -0.456. The molecule has 2 heterocycles. The summed E-state index contributed by atoms with van der Waals surface area (Å²) in [5.41, 5.74) is 0. The number of sulfone groups is 1. The first-order chi connectivity index (χ1) is 8.98. The summed E-state index contributed by atoms with van der Waals surface area (Å²) < 4.78 is 24.0. The standard InChI is InChI=1S/C14H25NO3S/c1-3-15(4-2)8-7-14(16)11-9-12-5-6-13(10-11)19(12,17)18/h11-13H,3-10H2,1-2H3. The molecule has 0 spiro atoms. The second-order valence-corrected chi connectivity index (χ2v) is 8.33. The van der Waals surface area contributed by atoms with E-state index in [9.17, 15) is 13.2 Å². The van der Waals surface area contributed by atoms with Gasteiger partial charge >= 0.3 is 0 Å². The summed E-state index contributed by atoms with van der Waals surface area (Å²) in [6.07, 6.45) is 3.28. The topological polar surface area (TPSA) is 54.5 Å². The number of hydrogen-bond donors (Lipinski definition) is 0. The zero-order chi connectivity index (χ0) is 14.0. The predicted molar refractivity (Wildman–Crippen MR) is 75.9 cm³/mol. The molecule has 2 saturated heterocycles. The molecule has 2 aliphatic heterocycles. The monoisotopic (exact) mass is 287 g/mol. The molecule has 2 unspecified atom stereocenters. The summed E-state index contributed by atoms with van der Waals surface area (Å²) in [6.45, 7) is 6.94. The van der Waals surface area contributed by atoms with Crippen molar-refractivity contribution in [3.05, 3.63) is 0 Å². The Balaban J connectivity index is 1.89. The maximum absolute atomic E-state index is 12.2. The smallest absolute Gasteiger partial charge is 0.156 e. The lowest BCUT2D eigenvalue weighted by Crippen LogP contribution is -2.37. The highest BCUT2D eigenvalue weighted by Crippen LogP contribution is 2.41. The van der Waals surface area contributed by atoms with Gasteiger partial charge in [-0.2, -0.15) is 0 Å². The van der Waals surface area contributed by atoms with E-state index in [-0.39, 0.29) is 22.2 Å². The second-order valence-electron chi connectivity index (χ2n) is 5.82. The molecule has 4 nitrogen and oxygen atoms in total. The Morgan fingerprint density at radius 2 is 1.63 bits per heavy atom. The Kier molecular flexibility index (Phi) is 4.66. The fourth-order valence-corrected chi connectivity index (χ4v) is 5.96. The molecule has 2 bridgehead atoms. The van der Waals surface area contributed by atoms with Gasteiger partial charge in [0.25, 0.3) is 0 Å². The van der Waals surface area contributed by atoms with Crippen LogP contribution in [0.25, 0.3) is 0 Å². The number of nitrogens with zero attached hydrogens (tertiary/aromatic N) is 1. The summed E-state index contributed by atoms with van der Waals surface area (Å²) >= 11 is 0. The van der Waals surface area contributed by atoms with Gasteiger partial charge in [0.1, 0.15) is 5.78 Å². The van der Waals surface area contributed by atoms with Crippen LogP contribution in [0.3, 0.4) is 0 Å². The van der Waals surface area contributed by atoms with Crippen LogP contribution >= 0.6 is 0 Å². The molecule has 2 aliphatic rings. The maximum Gasteiger partial charge on any atom is 0.156 e. The van der Waals surface area contributed by atoms with Gasteiger partial charge in [-0.05, 0) is 38.8 Å². The number of Topliss-reactive ketones (excluding diaryl/α,β-unsaturated/α-hetero) is 1. The molecule has 0 aromatic rings. The third kappa shape index (κ3) is 3.02. The maximum atomic E-state index is 12.2. The number of rotatable bonds is 6. The van der Waals surface area contributed by atoms with E-state index in [4.69, 9.17) is 0 Å². The molecule has 2 atom stereocenters. The van der Waals surface area contributed by atoms with Crippen LogP contribution in [0.15, 0.2) is 0 Å². The van der Waals surface area contributed by atoms with Gasteiger partial charge in [-0.3, -0.25) is 4.79 Å². The molecule has 0 aliphatic carbocycles. The van der Waals surface area contributed by atoms with Crippen molar-refractivity contribution in [2.24, 2.45) is 5.92 Å². The lowest BCUT2D eigenvalue weighted by molar-refractivity contribution is -0.123. The normalized spacial score (nSPS) is 32.7. The van der Waals surface area contributed by atoms with Gasteiger partial charge in [0, 0.05) is 18.9 Å². The highest BCUT2D eigenvalue weighted by atomic mass is 32.2. The molecule has 0 aromatic carbocycles. The number of ketones is 1. The minimum atomic E-state index is -2.90. The number of carbonyl (C=O) groups is 1. The van der Waals surface area contributed by atoms with E-state index in [1.807, 2.05) is 0 Å². The third-order valence-electron chi connectivity index (χ3n) is 4.86. The Morgan fingerprint density at radius 3 is 2.11 bits per heavy atom. The first-order valence-electron chi connectivity index (χ1n) is 7.46. The Morgan fingerprint density at radius 1 is 1.11 bits per heavy atom. The zero-order valence-electron chi connectivity index (χ0n) is 12.0. The van der Waals surface area contributed by atoms with Crippen LogP contribution in [0.5, 0.6) is 0 Å². The van der Waals surface area contributed by atoms with Crippen molar-refractivity contribution in [1.82, 2.24) is 4.90 Å². The van der Waals surface area contributed by atoms with E-state index in [1.54, 1.807) is 0 Å². The van der Waals surface area contributed by atoms with E-state index < -0.39 is 9.84 Å². The van der Waals surface area contributed by atoms with E-state index in [0.29, 0.717) is 19.3 Å². The fourth-order valence-electron chi connectivity index (χ4n) is 3.48. The van der Waals surface area contributed by atoms with Gasteiger partial charge in [0.05, 0.1) is 10.5 Å². The Hall–Kier alpha value is -0.420. The molecule has 0 radical (unpaired) electrons. The molecule has 110 valence electrons. The number of fused-ring (bicyclic) bond motifs is 2. The molecule has 2 rings (SSSR count). The summed E-state index contributed by atoms with van der Waals surface area (Å²) in [7, 11) is -2.90. The minimum absolute atomic E-state index is 0.00316. The molecular formula is C14H25NO3S. The summed E-state index contributed by atoms with van der Waals surface area (Å²) in [5.74, 6) is 0.273. The van der Waals surface area contributed by atoms with E-state index in [2.05, 4.69) is 18.7 Å². The van der Waals surface area contributed by atoms with Crippen molar-refractivity contribution in [2.45, 2.75) is 56.5 Å². The average molecular weight is 287 g/mol. The minimum Gasteiger partial charge on any atom is -0.303 e. The molecule has 19 heavy (non-hydrogen) atoms. The van der Waals surface area contributed by atoms with Crippen molar-refractivity contribution in [3.63, 3.8) is 0 Å². The fraction of sp³-hybridized carbons (Fsp3) is 0.929. The molecule has 0 amide bonds. The predicted octanol–water partition coefficient (Wildman–Crippen LogP) is 1.64. The highest BCUT2D eigenvalue weighted by molar-refractivity contribution is 7.93. The lowest BCUT2D eigenvalue weighted by atomic mass is 9.92. The molecule has 2 fully saturated rings. The van der Waals surface area contributed by atoms with Crippen LogP contribution in [0.1, 0.15) is 46.0 Å². The van der Waals surface area contributed by atoms with E-state index in [1.165, 1.54) is 0 Å². The van der Waals surface area contributed by atoms with Gasteiger partial charge in [-0.15, -0.1) is 0 Å². The van der Waals surface area contributed by atoms with Gasteiger partial charge < -0.3 is 4.90 Å². The Labute approximate surface area is 116 Å². The molecule has 0 aromatic heterocycles. The van der Waals surface area contributed by atoms with Crippen LogP contribution < -0.4 is 0 Å². The highest BCUT2D eigenvalue weighted by Gasteiger charge is 2.48. The SMILES string of the molecule is CCN(CC)CCC(=O)C1CC2CCC(C1)S2(=O)=O. The largest absolute Gasteiger partial charge is 0.303 e. The summed E-state index contributed by atoms with van der Waals surface area (Å²) in [4.78, 5) is 14.5. The van der Waals surface area contributed by atoms with Crippen molar-refractivity contribution in [2.75, 3.05) is 19.6 Å². The quantitative estimate of drug-likeness (QED) is 0.745. The molecular weight excluding hydrogens is 262 g/mol. The van der Waals surface area contributed by atoms with Crippen LogP contribution in [0.4, 0.5) is 0 Å². The van der Waals surface area contributed by atoms with Crippen molar-refractivity contribution in [3.8, 4) is 0 Å². The first-order valence-corrected chi connectivity index (χ1v) is 9.07. The van der Waals surface area contributed by atoms with Gasteiger partial charge in [-0.1, -0.05) is 13.8 Å². The average Bonchev–Trinajstić information content (AvgIpc) is 2.60. The first kappa shape index (κ1) is 15.0. The van der Waals surface area contributed by atoms with Gasteiger partial charge in [-0.25, -0.2) is 8.42 Å².